The Morgan fingerprint density at radius 1 is 1.23 bits per heavy atom. The molecule has 0 saturated carbocycles. The summed E-state index contributed by atoms with van der Waals surface area (Å²) < 4.78 is 0. The zero-order valence-corrected chi connectivity index (χ0v) is 13.5. The van der Waals surface area contributed by atoms with Gasteiger partial charge in [-0.15, -0.1) is 0 Å². The lowest BCUT2D eigenvalue weighted by molar-refractivity contribution is 0.163. The summed E-state index contributed by atoms with van der Waals surface area (Å²) in [6.07, 6.45) is 2.83. The smallest absolute Gasteiger partial charge is 0.252 e. The van der Waals surface area contributed by atoms with E-state index in [1.54, 1.807) is 0 Å². The molecule has 4 nitrogen and oxygen atoms in total. The molecule has 0 saturated heterocycles. The second-order valence-electron chi connectivity index (χ2n) is 6.00. The Morgan fingerprint density at radius 3 is 2.64 bits per heavy atom. The van der Waals surface area contributed by atoms with Gasteiger partial charge in [0.15, 0.2) is 0 Å². The summed E-state index contributed by atoms with van der Waals surface area (Å²) in [5.74, 6) is 0. The van der Waals surface area contributed by atoms with Crippen LogP contribution in [0, 0.1) is 5.41 Å². The van der Waals surface area contributed by atoms with Crippen molar-refractivity contribution < 1.29 is 5.11 Å². The summed E-state index contributed by atoms with van der Waals surface area (Å²) in [5, 5.41) is 13.7. The van der Waals surface area contributed by atoms with Gasteiger partial charge in [-0.05, 0) is 42.2 Å². The molecule has 0 aliphatic carbocycles. The van der Waals surface area contributed by atoms with E-state index in [1.807, 2.05) is 30.3 Å². The standard InChI is InChI=1S/C18H26N2O2/c1-3-18(4-2,9-10-21)13-19-12-15-11-14-7-5-6-8-16(14)20-17(15)22/h5-8,11,19,21H,3-4,9-10,12-13H2,1-2H3,(H,20,22). The quantitative estimate of drug-likeness (QED) is 0.702. The van der Waals surface area contributed by atoms with Crippen LogP contribution < -0.4 is 10.9 Å². The van der Waals surface area contributed by atoms with Gasteiger partial charge in [-0.1, -0.05) is 32.0 Å². The van der Waals surface area contributed by atoms with Crippen LogP contribution in [0.5, 0.6) is 0 Å². The fourth-order valence-corrected chi connectivity index (χ4v) is 2.97. The SMILES string of the molecule is CCC(CC)(CCO)CNCc1cc2ccccc2[nH]c1=O. The highest BCUT2D eigenvalue weighted by molar-refractivity contribution is 5.78. The van der Waals surface area contributed by atoms with Crippen molar-refractivity contribution in [2.75, 3.05) is 13.2 Å². The van der Waals surface area contributed by atoms with Gasteiger partial charge in [0.2, 0.25) is 0 Å². The molecule has 0 bridgehead atoms. The van der Waals surface area contributed by atoms with Crippen LogP contribution in [-0.2, 0) is 6.54 Å². The Bertz CT molecular complexity index is 659. The molecule has 0 aliphatic heterocycles. The fourth-order valence-electron chi connectivity index (χ4n) is 2.97. The van der Waals surface area contributed by atoms with Crippen molar-refractivity contribution in [3.63, 3.8) is 0 Å². The van der Waals surface area contributed by atoms with Gasteiger partial charge in [0.1, 0.15) is 0 Å². The molecule has 1 aromatic heterocycles. The van der Waals surface area contributed by atoms with Crippen LogP contribution >= 0.6 is 0 Å². The minimum absolute atomic E-state index is 0.0352. The second-order valence-corrected chi connectivity index (χ2v) is 6.00. The number of para-hydroxylation sites is 1. The molecule has 0 fully saturated rings. The maximum Gasteiger partial charge on any atom is 0.252 e. The first-order valence-electron chi connectivity index (χ1n) is 8.06. The molecule has 22 heavy (non-hydrogen) atoms. The number of nitrogens with one attached hydrogen (secondary N) is 2. The second kappa shape index (κ2) is 7.56. The van der Waals surface area contributed by atoms with E-state index in [-0.39, 0.29) is 17.6 Å². The molecule has 2 rings (SSSR count). The normalized spacial score (nSPS) is 12.0. The zero-order valence-electron chi connectivity index (χ0n) is 13.5. The maximum absolute atomic E-state index is 12.1. The summed E-state index contributed by atoms with van der Waals surface area (Å²) in [4.78, 5) is 15.0. The molecule has 0 aliphatic rings. The van der Waals surface area contributed by atoms with Crippen LogP contribution in [0.2, 0.25) is 0 Å². The minimum Gasteiger partial charge on any atom is -0.396 e. The third kappa shape index (κ3) is 3.76. The highest BCUT2D eigenvalue weighted by Gasteiger charge is 2.24. The molecule has 0 spiro atoms. The van der Waals surface area contributed by atoms with Gasteiger partial charge in [-0.2, -0.15) is 0 Å². The van der Waals surface area contributed by atoms with Crippen molar-refractivity contribution in [1.29, 1.82) is 0 Å². The summed E-state index contributed by atoms with van der Waals surface area (Å²) in [5.41, 5.74) is 1.70. The van der Waals surface area contributed by atoms with Crippen molar-refractivity contribution in [2.24, 2.45) is 5.41 Å². The van der Waals surface area contributed by atoms with Gasteiger partial charge in [0, 0.05) is 30.8 Å². The van der Waals surface area contributed by atoms with Gasteiger partial charge >= 0.3 is 0 Å². The van der Waals surface area contributed by atoms with Crippen LogP contribution in [0.25, 0.3) is 10.9 Å². The van der Waals surface area contributed by atoms with Gasteiger partial charge < -0.3 is 15.4 Å². The number of aromatic nitrogens is 1. The molecular formula is C18H26N2O2. The third-order valence-corrected chi connectivity index (χ3v) is 4.79. The van der Waals surface area contributed by atoms with E-state index in [4.69, 9.17) is 0 Å². The number of hydrogen-bond donors (Lipinski definition) is 3. The minimum atomic E-state index is -0.0352. The summed E-state index contributed by atoms with van der Waals surface area (Å²) in [6.45, 7) is 5.88. The number of H-pyrrole nitrogens is 1. The number of aromatic amines is 1. The lowest BCUT2D eigenvalue weighted by Gasteiger charge is -2.31. The van der Waals surface area contributed by atoms with E-state index >= 15 is 0 Å². The Hall–Kier alpha value is -1.65. The number of fused-ring (bicyclic) bond motifs is 1. The summed E-state index contributed by atoms with van der Waals surface area (Å²) in [7, 11) is 0. The fraction of sp³-hybridized carbons (Fsp3) is 0.500. The van der Waals surface area contributed by atoms with Crippen molar-refractivity contribution in [3.8, 4) is 0 Å². The van der Waals surface area contributed by atoms with Crippen molar-refractivity contribution in [2.45, 2.75) is 39.7 Å². The molecule has 0 radical (unpaired) electrons. The van der Waals surface area contributed by atoms with Crippen molar-refractivity contribution in [1.82, 2.24) is 10.3 Å². The van der Waals surface area contributed by atoms with E-state index in [1.165, 1.54) is 0 Å². The van der Waals surface area contributed by atoms with Gasteiger partial charge in [-0.3, -0.25) is 4.79 Å². The molecule has 3 N–H and O–H groups in total. The predicted molar refractivity (Wildman–Crippen MR) is 91.0 cm³/mol. The summed E-state index contributed by atoms with van der Waals surface area (Å²) >= 11 is 0. The van der Waals surface area contributed by atoms with Crippen LogP contribution in [0.3, 0.4) is 0 Å². The number of aliphatic hydroxyl groups excluding tert-OH is 1. The third-order valence-electron chi connectivity index (χ3n) is 4.79. The van der Waals surface area contributed by atoms with E-state index in [9.17, 15) is 9.90 Å². The molecule has 1 aromatic carbocycles. The van der Waals surface area contributed by atoms with Gasteiger partial charge in [0.05, 0.1) is 0 Å². The van der Waals surface area contributed by atoms with Crippen LogP contribution in [0.1, 0.15) is 38.7 Å². The molecular weight excluding hydrogens is 276 g/mol. The lowest BCUT2D eigenvalue weighted by atomic mass is 9.79. The molecule has 4 heteroatoms. The van der Waals surface area contributed by atoms with Crippen molar-refractivity contribution in [3.05, 3.63) is 46.2 Å². The monoisotopic (exact) mass is 302 g/mol. The first-order valence-corrected chi connectivity index (χ1v) is 8.06. The first kappa shape index (κ1) is 16.7. The Balaban J connectivity index is 2.08. The average Bonchev–Trinajstić information content (AvgIpc) is 2.54. The van der Waals surface area contributed by atoms with Gasteiger partial charge in [0.25, 0.3) is 5.56 Å². The largest absolute Gasteiger partial charge is 0.396 e. The maximum atomic E-state index is 12.1. The van der Waals surface area contributed by atoms with E-state index in [0.717, 1.165) is 42.3 Å². The predicted octanol–water partition coefficient (Wildman–Crippen LogP) is 2.81. The topological polar surface area (TPSA) is 65.1 Å². The molecule has 0 unspecified atom stereocenters. The van der Waals surface area contributed by atoms with Crippen molar-refractivity contribution >= 4 is 10.9 Å². The Kier molecular flexibility index (Phi) is 5.75. The first-order chi connectivity index (χ1) is 10.6. The zero-order chi connectivity index (χ0) is 16.0. The molecule has 0 atom stereocenters. The highest BCUT2D eigenvalue weighted by atomic mass is 16.3. The average molecular weight is 302 g/mol. The van der Waals surface area contributed by atoms with E-state index in [0.29, 0.717) is 6.54 Å². The Morgan fingerprint density at radius 2 is 1.95 bits per heavy atom. The molecule has 1 heterocycles. The number of rotatable bonds is 8. The summed E-state index contributed by atoms with van der Waals surface area (Å²) in [6, 6.07) is 9.75. The lowest BCUT2D eigenvalue weighted by Crippen LogP contribution is -2.35. The Labute approximate surface area is 131 Å². The van der Waals surface area contributed by atoms with E-state index < -0.39 is 0 Å². The molecule has 0 amide bonds. The number of aliphatic hydroxyl groups is 1. The number of hydrogen-bond acceptors (Lipinski definition) is 3. The highest BCUT2D eigenvalue weighted by Crippen LogP contribution is 2.29. The van der Waals surface area contributed by atoms with Crippen LogP contribution in [-0.4, -0.2) is 23.2 Å². The van der Waals surface area contributed by atoms with E-state index in [2.05, 4.69) is 24.1 Å². The molecule has 120 valence electrons. The van der Waals surface area contributed by atoms with Gasteiger partial charge in [-0.25, -0.2) is 0 Å². The van der Waals surface area contributed by atoms with Crippen LogP contribution in [0.4, 0.5) is 0 Å². The van der Waals surface area contributed by atoms with Crippen LogP contribution in [0.15, 0.2) is 35.1 Å². The number of benzene rings is 1. The molecule has 2 aromatic rings. The number of pyridine rings is 1.